The molecule has 2 N–H and O–H groups in total. The monoisotopic (exact) mass is 306 g/mol. The number of hydrogen-bond donors (Lipinski definition) is 1. The predicted octanol–water partition coefficient (Wildman–Crippen LogP) is 1.60. The molecule has 0 aliphatic heterocycles. The standard InChI is InChI=1S/C15H16F2N4O/c1-9-19-7-13(8-20-9)21(2)15(22)14(18)5-10-3-11(16)6-12(17)4-10/h3-4,6-8,14H,5,18H2,1-2H3/t14-/m0/s1. The number of aryl methyl sites for hydroxylation is 1. The van der Waals surface area contributed by atoms with Crippen molar-refractivity contribution in [3.05, 3.63) is 53.6 Å². The Hall–Kier alpha value is -2.41. The summed E-state index contributed by atoms with van der Waals surface area (Å²) in [5.41, 5.74) is 6.66. The molecule has 1 aromatic carbocycles. The molecule has 7 heteroatoms. The number of anilines is 1. The van der Waals surface area contributed by atoms with Crippen LogP contribution in [0.15, 0.2) is 30.6 Å². The maximum Gasteiger partial charge on any atom is 0.244 e. The van der Waals surface area contributed by atoms with Crippen molar-refractivity contribution in [3.8, 4) is 0 Å². The molecule has 2 rings (SSSR count). The van der Waals surface area contributed by atoms with E-state index in [2.05, 4.69) is 9.97 Å². The number of nitrogens with two attached hydrogens (primary N) is 1. The first kappa shape index (κ1) is 16.0. The Morgan fingerprint density at radius 1 is 1.23 bits per heavy atom. The Morgan fingerprint density at radius 3 is 2.32 bits per heavy atom. The molecule has 0 bridgehead atoms. The minimum atomic E-state index is -0.924. The van der Waals surface area contributed by atoms with Crippen molar-refractivity contribution in [3.63, 3.8) is 0 Å². The van der Waals surface area contributed by atoms with Gasteiger partial charge >= 0.3 is 0 Å². The molecule has 0 unspecified atom stereocenters. The number of rotatable bonds is 4. The van der Waals surface area contributed by atoms with Crippen LogP contribution in [0.25, 0.3) is 0 Å². The molecule has 0 saturated heterocycles. The highest BCUT2D eigenvalue weighted by Crippen LogP contribution is 2.13. The van der Waals surface area contributed by atoms with Crippen molar-refractivity contribution in [1.29, 1.82) is 0 Å². The van der Waals surface area contributed by atoms with Crippen LogP contribution in [-0.2, 0) is 11.2 Å². The Morgan fingerprint density at radius 2 is 1.77 bits per heavy atom. The largest absolute Gasteiger partial charge is 0.320 e. The molecule has 5 nitrogen and oxygen atoms in total. The summed E-state index contributed by atoms with van der Waals surface area (Å²) in [6.07, 6.45) is 3.05. The lowest BCUT2D eigenvalue weighted by atomic mass is 10.1. The second-order valence-electron chi connectivity index (χ2n) is 4.97. The Bertz CT molecular complexity index is 655. The fourth-order valence-corrected chi connectivity index (χ4v) is 2.00. The van der Waals surface area contributed by atoms with E-state index < -0.39 is 23.6 Å². The average molecular weight is 306 g/mol. The summed E-state index contributed by atoms with van der Waals surface area (Å²) < 4.78 is 26.3. The highest BCUT2D eigenvalue weighted by Gasteiger charge is 2.20. The number of likely N-dealkylation sites (N-methyl/N-ethyl adjacent to an activating group) is 1. The summed E-state index contributed by atoms with van der Waals surface area (Å²) in [6, 6.07) is 2.16. The van der Waals surface area contributed by atoms with Gasteiger partial charge in [-0.2, -0.15) is 0 Å². The number of halogens is 2. The van der Waals surface area contributed by atoms with Gasteiger partial charge in [0.05, 0.1) is 24.1 Å². The van der Waals surface area contributed by atoms with Crippen molar-refractivity contribution >= 4 is 11.6 Å². The molecule has 1 atom stereocenters. The highest BCUT2D eigenvalue weighted by molar-refractivity contribution is 5.96. The van der Waals surface area contributed by atoms with Crippen molar-refractivity contribution < 1.29 is 13.6 Å². The second-order valence-corrected chi connectivity index (χ2v) is 4.97. The first-order valence-corrected chi connectivity index (χ1v) is 6.63. The van der Waals surface area contributed by atoms with Gasteiger partial charge in [0.25, 0.3) is 0 Å². The van der Waals surface area contributed by atoms with Crippen LogP contribution >= 0.6 is 0 Å². The fourth-order valence-electron chi connectivity index (χ4n) is 2.00. The zero-order valence-corrected chi connectivity index (χ0v) is 12.3. The zero-order chi connectivity index (χ0) is 16.3. The smallest absolute Gasteiger partial charge is 0.244 e. The first-order chi connectivity index (χ1) is 10.4. The molecule has 0 fully saturated rings. The molecule has 1 amide bonds. The maximum absolute atomic E-state index is 13.1. The third kappa shape index (κ3) is 3.82. The van der Waals surface area contributed by atoms with Gasteiger partial charge in [0.2, 0.25) is 5.91 Å². The highest BCUT2D eigenvalue weighted by atomic mass is 19.1. The van der Waals surface area contributed by atoms with Crippen LogP contribution in [0, 0.1) is 18.6 Å². The van der Waals surface area contributed by atoms with Gasteiger partial charge in [0.15, 0.2) is 0 Å². The molecule has 0 radical (unpaired) electrons. The molecule has 0 saturated carbocycles. The van der Waals surface area contributed by atoms with Crippen LogP contribution in [0.4, 0.5) is 14.5 Å². The van der Waals surface area contributed by atoms with E-state index in [9.17, 15) is 13.6 Å². The van der Waals surface area contributed by atoms with Crippen LogP contribution in [0.1, 0.15) is 11.4 Å². The van der Waals surface area contributed by atoms with E-state index in [1.807, 2.05) is 0 Å². The van der Waals surface area contributed by atoms with Gasteiger partial charge in [0, 0.05) is 13.1 Å². The number of benzene rings is 1. The molecule has 1 heterocycles. The van der Waals surface area contributed by atoms with E-state index in [0.29, 0.717) is 17.1 Å². The quantitative estimate of drug-likeness (QED) is 0.931. The van der Waals surface area contributed by atoms with Crippen molar-refractivity contribution in [2.45, 2.75) is 19.4 Å². The Labute approximate surface area is 126 Å². The first-order valence-electron chi connectivity index (χ1n) is 6.63. The number of amides is 1. The van der Waals surface area contributed by atoms with Gasteiger partial charge in [0.1, 0.15) is 17.5 Å². The van der Waals surface area contributed by atoms with Gasteiger partial charge in [-0.3, -0.25) is 4.79 Å². The minimum absolute atomic E-state index is 0.0323. The van der Waals surface area contributed by atoms with Crippen LogP contribution in [0.5, 0.6) is 0 Å². The third-order valence-corrected chi connectivity index (χ3v) is 3.18. The van der Waals surface area contributed by atoms with Gasteiger partial charge in [-0.15, -0.1) is 0 Å². The molecule has 1 aromatic heterocycles. The molecule has 0 aliphatic carbocycles. The molecule has 22 heavy (non-hydrogen) atoms. The molecular formula is C15H16F2N4O. The summed E-state index contributed by atoms with van der Waals surface area (Å²) in [4.78, 5) is 21.6. The van der Waals surface area contributed by atoms with E-state index in [0.717, 1.165) is 18.2 Å². The van der Waals surface area contributed by atoms with Crippen LogP contribution in [-0.4, -0.2) is 29.0 Å². The maximum atomic E-state index is 13.1. The summed E-state index contributed by atoms with van der Waals surface area (Å²) in [7, 11) is 1.54. The van der Waals surface area contributed by atoms with Gasteiger partial charge < -0.3 is 10.6 Å². The van der Waals surface area contributed by atoms with Crippen molar-refractivity contribution in [2.75, 3.05) is 11.9 Å². The average Bonchev–Trinajstić information content (AvgIpc) is 2.45. The van der Waals surface area contributed by atoms with E-state index in [1.165, 1.54) is 17.3 Å². The van der Waals surface area contributed by atoms with Gasteiger partial charge in [-0.25, -0.2) is 18.7 Å². The normalized spacial score (nSPS) is 12.0. The molecular weight excluding hydrogens is 290 g/mol. The molecule has 0 spiro atoms. The van der Waals surface area contributed by atoms with Crippen molar-refractivity contribution in [1.82, 2.24) is 9.97 Å². The topological polar surface area (TPSA) is 72.1 Å². The van der Waals surface area contributed by atoms with E-state index in [4.69, 9.17) is 5.73 Å². The molecule has 0 aliphatic rings. The van der Waals surface area contributed by atoms with E-state index in [-0.39, 0.29) is 6.42 Å². The number of nitrogens with zero attached hydrogens (tertiary/aromatic N) is 3. The fraction of sp³-hybridized carbons (Fsp3) is 0.267. The summed E-state index contributed by atoms with van der Waals surface area (Å²) in [6.45, 7) is 1.73. The number of hydrogen-bond acceptors (Lipinski definition) is 4. The zero-order valence-electron chi connectivity index (χ0n) is 12.3. The SMILES string of the molecule is Cc1ncc(N(C)C(=O)[C@@H](N)Cc2cc(F)cc(F)c2)cn1. The van der Waals surface area contributed by atoms with Gasteiger partial charge in [-0.1, -0.05) is 0 Å². The minimum Gasteiger partial charge on any atom is -0.320 e. The lowest BCUT2D eigenvalue weighted by Crippen LogP contribution is -2.43. The lowest BCUT2D eigenvalue weighted by Gasteiger charge is -2.21. The molecule has 116 valence electrons. The van der Waals surface area contributed by atoms with Crippen LogP contribution < -0.4 is 10.6 Å². The van der Waals surface area contributed by atoms with Crippen LogP contribution in [0.3, 0.4) is 0 Å². The van der Waals surface area contributed by atoms with Crippen LogP contribution in [0.2, 0.25) is 0 Å². The second kappa shape index (κ2) is 6.57. The van der Waals surface area contributed by atoms with Crippen molar-refractivity contribution in [2.24, 2.45) is 5.73 Å². The third-order valence-electron chi connectivity index (χ3n) is 3.18. The molecule has 2 aromatic rings. The number of carbonyl (C=O) groups is 1. The lowest BCUT2D eigenvalue weighted by molar-refractivity contribution is -0.119. The Kier molecular flexibility index (Phi) is 4.77. The number of aromatic nitrogens is 2. The van der Waals surface area contributed by atoms with E-state index in [1.54, 1.807) is 14.0 Å². The van der Waals surface area contributed by atoms with Gasteiger partial charge in [-0.05, 0) is 31.0 Å². The Balaban J connectivity index is 2.09. The summed E-state index contributed by atoms with van der Waals surface area (Å²) >= 11 is 0. The van der Waals surface area contributed by atoms with E-state index >= 15 is 0 Å². The predicted molar refractivity (Wildman–Crippen MR) is 78.2 cm³/mol. The number of carbonyl (C=O) groups excluding carboxylic acids is 1. The summed E-state index contributed by atoms with van der Waals surface area (Å²) in [5, 5.41) is 0. The summed E-state index contributed by atoms with van der Waals surface area (Å²) in [5.74, 6) is -1.20.